The number of aryl methyl sites for hydroxylation is 2. The highest BCUT2D eigenvalue weighted by Crippen LogP contribution is 2.27. The summed E-state index contributed by atoms with van der Waals surface area (Å²) < 4.78 is 1.95. The SMILES string of the molecule is Cc1nc(C)n(-c2cccc3c2CCCN3)n1. The quantitative estimate of drug-likeness (QED) is 0.814. The minimum absolute atomic E-state index is 0.823. The van der Waals surface area contributed by atoms with Gasteiger partial charge < -0.3 is 5.32 Å². The van der Waals surface area contributed by atoms with E-state index in [2.05, 4.69) is 33.6 Å². The normalized spacial score (nSPS) is 14.2. The molecular weight excluding hydrogens is 212 g/mol. The summed E-state index contributed by atoms with van der Waals surface area (Å²) in [5.41, 5.74) is 3.75. The van der Waals surface area contributed by atoms with Gasteiger partial charge in [0.2, 0.25) is 0 Å². The second kappa shape index (κ2) is 3.87. The lowest BCUT2D eigenvalue weighted by Gasteiger charge is -2.21. The van der Waals surface area contributed by atoms with Crippen molar-refractivity contribution in [1.29, 1.82) is 0 Å². The van der Waals surface area contributed by atoms with Crippen LogP contribution in [-0.4, -0.2) is 21.3 Å². The lowest BCUT2D eigenvalue weighted by atomic mass is 10.0. The molecule has 1 aliphatic rings. The first-order valence-corrected chi connectivity index (χ1v) is 6.02. The van der Waals surface area contributed by atoms with Crippen LogP contribution in [0.2, 0.25) is 0 Å². The number of hydrogen-bond donors (Lipinski definition) is 1. The molecule has 0 atom stereocenters. The highest BCUT2D eigenvalue weighted by molar-refractivity contribution is 5.61. The number of hydrogen-bond acceptors (Lipinski definition) is 3. The summed E-state index contributed by atoms with van der Waals surface area (Å²) in [4.78, 5) is 4.37. The summed E-state index contributed by atoms with van der Waals surface area (Å²) >= 11 is 0. The molecule has 1 aromatic heterocycles. The number of fused-ring (bicyclic) bond motifs is 1. The fraction of sp³-hybridized carbons (Fsp3) is 0.385. The van der Waals surface area contributed by atoms with Gasteiger partial charge in [-0.25, -0.2) is 9.67 Å². The van der Waals surface area contributed by atoms with Crippen LogP contribution < -0.4 is 5.32 Å². The number of nitrogens with zero attached hydrogens (tertiary/aromatic N) is 3. The summed E-state index contributed by atoms with van der Waals surface area (Å²) in [7, 11) is 0. The van der Waals surface area contributed by atoms with E-state index < -0.39 is 0 Å². The molecule has 4 nitrogen and oxygen atoms in total. The third kappa shape index (κ3) is 1.69. The predicted molar refractivity (Wildman–Crippen MR) is 67.6 cm³/mol. The molecule has 2 aromatic rings. The molecule has 4 heteroatoms. The molecule has 0 saturated carbocycles. The van der Waals surface area contributed by atoms with Crippen LogP contribution >= 0.6 is 0 Å². The van der Waals surface area contributed by atoms with E-state index in [-0.39, 0.29) is 0 Å². The molecule has 2 heterocycles. The Balaban J connectivity index is 2.17. The van der Waals surface area contributed by atoms with Crippen LogP contribution in [0.4, 0.5) is 5.69 Å². The highest BCUT2D eigenvalue weighted by Gasteiger charge is 2.15. The van der Waals surface area contributed by atoms with Crippen molar-refractivity contribution in [2.75, 3.05) is 11.9 Å². The van der Waals surface area contributed by atoms with Crippen molar-refractivity contribution >= 4 is 5.69 Å². The Morgan fingerprint density at radius 3 is 2.94 bits per heavy atom. The first kappa shape index (κ1) is 10.3. The second-order valence-corrected chi connectivity index (χ2v) is 4.45. The third-order valence-corrected chi connectivity index (χ3v) is 3.17. The van der Waals surface area contributed by atoms with Gasteiger partial charge in [0.05, 0.1) is 5.69 Å². The number of aromatic nitrogens is 3. The minimum atomic E-state index is 0.823. The Morgan fingerprint density at radius 1 is 1.29 bits per heavy atom. The van der Waals surface area contributed by atoms with Crippen LogP contribution in [0.3, 0.4) is 0 Å². The monoisotopic (exact) mass is 228 g/mol. The van der Waals surface area contributed by atoms with E-state index in [0.717, 1.165) is 30.3 Å². The Kier molecular flexibility index (Phi) is 2.35. The Bertz CT molecular complexity index is 557. The van der Waals surface area contributed by atoms with Gasteiger partial charge in [0, 0.05) is 17.8 Å². The van der Waals surface area contributed by atoms with Crippen molar-refractivity contribution in [1.82, 2.24) is 14.8 Å². The first-order valence-electron chi connectivity index (χ1n) is 6.02. The lowest BCUT2D eigenvalue weighted by molar-refractivity contribution is 0.779. The first-order chi connectivity index (χ1) is 8.25. The number of anilines is 1. The minimum Gasteiger partial charge on any atom is -0.385 e. The maximum Gasteiger partial charge on any atom is 0.148 e. The molecular formula is C13H16N4. The van der Waals surface area contributed by atoms with Crippen LogP contribution in [0.15, 0.2) is 18.2 Å². The van der Waals surface area contributed by atoms with Gasteiger partial charge in [-0.15, -0.1) is 0 Å². The maximum absolute atomic E-state index is 4.47. The summed E-state index contributed by atoms with van der Waals surface area (Å²) in [6.45, 7) is 4.98. The lowest BCUT2D eigenvalue weighted by Crippen LogP contribution is -2.15. The fourth-order valence-corrected chi connectivity index (χ4v) is 2.44. The fourth-order valence-electron chi connectivity index (χ4n) is 2.44. The molecule has 0 radical (unpaired) electrons. The average Bonchev–Trinajstić information content (AvgIpc) is 2.68. The van der Waals surface area contributed by atoms with E-state index in [1.54, 1.807) is 0 Å². The Hall–Kier alpha value is -1.84. The van der Waals surface area contributed by atoms with E-state index in [1.807, 2.05) is 18.5 Å². The summed E-state index contributed by atoms with van der Waals surface area (Å²) in [5, 5.41) is 7.90. The van der Waals surface area contributed by atoms with Gasteiger partial charge in [-0.2, -0.15) is 5.10 Å². The van der Waals surface area contributed by atoms with Crippen molar-refractivity contribution < 1.29 is 0 Å². The molecule has 1 aliphatic heterocycles. The molecule has 1 aromatic carbocycles. The van der Waals surface area contributed by atoms with Crippen LogP contribution in [0.25, 0.3) is 5.69 Å². The zero-order valence-corrected chi connectivity index (χ0v) is 10.2. The molecule has 0 amide bonds. The van der Waals surface area contributed by atoms with Gasteiger partial charge in [0.25, 0.3) is 0 Å². The smallest absolute Gasteiger partial charge is 0.148 e. The van der Waals surface area contributed by atoms with Gasteiger partial charge >= 0.3 is 0 Å². The van der Waals surface area contributed by atoms with Crippen molar-refractivity contribution in [2.24, 2.45) is 0 Å². The van der Waals surface area contributed by atoms with E-state index in [1.165, 1.54) is 17.7 Å². The average molecular weight is 228 g/mol. The van der Waals surface area contributed by atoms with E-state index in [4.69, 9.17) is 0 Å². The van der Waals surface area contributed by atoms with E-state index in [9.17, 15) is 0 Å². The van der Waals surface area contributed by atoms with Crippen molar-refractivity contribution in [3.8, 4) is 5.69 Å². The largest absolute Gasteiger partial charge is 0.385 e. The van der Waals surface area contributed by atoms with Crippen molar-refractivity contribution in [2.45, 2.75) is 26.7 Å². The predicted octanol–water partition coefficient (Wildman–Crippen LogP) is 2.24. The standard InChI is InChI=1S/C13H16N4/c1-9-15-10(2)17(16-9)13-7-3-6-12-11(13)5-4-8-14-12/h3,6-7,14H,4-5,8H2,1-2H3. The maximum atomic E-state index is 4.47. The molecule has 3 rings (SSSR count). The number of nitrogens with one attached hydrogen (secondary N) is 1. The summed E-state index contributed by atoms with van der Waals surface area (Å²) in [6, 6.07) is 6.33. The summed E-state index contributed by atoms with van der Waals surface area (Å²) in [5.74, 6) is 1.77. The summed E-state index contributed by atoms with van der Waals surface area (Å²) in [6.07, 6.45) is 2.29. The van der Waals surface area contributed by atoms with Crippen molar-refractivity contribution in [3.63, 3.8) is 0 Å². The molecule has 17 heavy (non-hydrogen) atoms. The molecule has 0 bridgehead atoms. The molecule has 0 unspecified atom stereocenters. The molecule has 88 valence electrons. The van der Waals surface area contributed by atoms with Crippen LogP contribution in [0.1, 0.15) is 23.6 Å². The molecule has 0 fully saturated rings. The van der Waals surface area contributed by atoms with Crippen molar-refractivity contribution in [3.05, 3.63) is 35.4 Å². The molecule has 0 saturated heterocycles. The Labute approximate surface area is 101 Å². The number of rotatable bonds is 1. The topological polar surface area (TPSA) is 42.7 Å². The number of benzene rings is 1. The Morgan fingerprint density at radius 2 is 2.18 bits per heavy atom. The van der Waals surface area contributed by atoms with Gasteiger partial charge in [-0.3, -0.25) is 0 Å². The van der Waals surface area contributed by atoms with Crippen LogP contribution in [0.5, 0.6) is 0 Å². The van der Waals surface area contributed by atoms with Gasteiger partial charge in [0.15, 0.2) is 0 Å². The van der Waals surface area contributed by atoms with E-state index >= 15 is 0 Å². The van der Waals surface area contributed by atoms with Crippen LogP contribution in [-0.2, 0) is 6.42 Å². The molecule has 0 aliphatic carbocycles. The second-order valence-electron chi connectivity index (χ2n) is 4.45. The zero-order valence-electron chi connectivity index (χ0n) is 10.2. The third-order valence-electron chi connectivity index (χ3n) is 3.17. The molecule has 1 N–H and O–H groups in total. The molecule has 0 spiro atoms. The zero-order chi connectivity index (χ0) is 11.8. The van der Waals surface area contributed by atoms with Gasteiger partial charge in [-0.1, -0.05) is 6.07 Å². The highest BCUT2D eigenvalue weighted by atomic mass is 15.3. The van der Waals surface area contributed by atoms with E-state index in [0.29, 0.717) is 0 Å². The van der Waals surface area contributed by atoms with Crippen LogP contribution in [0, 0.1) is 13.8 Å². The van der Waals surface area contributed by atoms with Gasteiger partial charge in [-0.05, 0) is 38.8 Å². The van der Waals surface area contributed by atoms with Gasteiger partial charge in [0.1, 0.15) is 11.6 Å².